The van der Waals surface area contributed by atoms with Crippen molar-refractivity contribution in [2.24, 2.45) is 0 Å². The molecule has 8 heteroatoms. The molecule has 0 aromatic heterocycles. The van der Waals surface area contributed by atoms with Gasteiger partial charge in [0.2, 0.25) is 5.91 Å². The van der Waals surface area contributed by atoms with E-state index in [4.69, 9.17) is 9.47 Å². The van der Waals surface area contributed by atoms with Gasteiger partial charge in [0.15, 0.2) is 6.61 Å². The fourth-order valence-electron chi connectivity index (χ4n) is 3.03. The number of benzene rings is 2. The van der Waals surface area contributed by atoms with Crippen LogP contribution in [0.4, 0.5) is 11.4 Å². The van der Waals surface area contributed by atoms with E-state index in [9.17, 15) is 14.4 Å². The van der Waals surface area contributed by atoms with Crippen LogP contribution in [0.3, 0.4) is 0 Å². The Morgan fingerprint density at radius 3 is 2.35 bits per heavy atom. The van der Waals surface area contributed by atoms with E-state index in [2.05, 4.69) is 15.5 Å². The number of rotatable bonds is 7. The molecule has 162 valence electrons. The molecule has 2 N–H and O–H groups in total. The predicted octanol–water partition coefficient (Wildman–Crippen LogP) is 2.18. The first-order valence-electron chi connectivity index (χ1n) is 9.95. The van der Waals surface area contributed by atoms with Crippen molar-refractivity contribution in [3.8, 4) is 0 Å². The lowest BCUT2D eigenvalue weighted by atomic mass is 10.2. The summed E-state index contributed by atoms with van der Waals surface area (Å²) in [6, 6.07) is 16.4. The standard InChI is InChI=1S/C23H25N3O5/c1-17(27)24-21(15-18-5-3-2-4-6-18)23(29)31-16-22(28)25-19-7-9-20(10-8-19)26-11-13-30-14-12-26/h2-10,15H,11-14,16H2,1H3,(H,24,27)(H,25,28)/b21-15+. The van der Waals surface area contributed by atoms with Gasteiger partial charge in [-0.15, -0.1) is 0 Å². The summed E-state index contributed by atoms with van der Waals surface area (Å²) < 4.78 is 10.4. The van der Waals surface area contributed by atoms with Gasteiger partial charge in [-0.3, -0.25) is 9.59 Å². The highest BCUT2D eigenvalue weighted by molar-refractivity contribution is 5.99. The monoisotopic (exact) mass is 423 g/mol. The summed E-state index contributed by atoms with van der Waals surface area (Å²) >= 11 is 0. The van der Waals surface area contributed by atoms with Crippen LogP contribution >= 0.6 is 0 Å². The summed E-state index contributed by atoms with van der Waals surface area (Å²) in [7, 11) is 0. The van der Waals surface area contributed by atoms with Crippen LogP contribution in [-0.4, -0.2) is 50.7 Å². The molecule has 0 aliphatic carbocycles. The van der Waals surface area contributed by atoms with Crippen LogP contribution in [0.1, 0.15) is 12.5 Å². The van der Waals surface area contributed by atoms with E-state index in [1.54, 1.807) is 36.4 Å². The normalized spacial score (nSPS) is 14.0. The first-order valence-corrected chi connectivity index (χ1v) is 9.95. The first-order chi connectivity index (χ1) is 15.0. The van der Waals surface area contributed by atoms with Crippen molar-refractivity contribution in [2.75, 3.05) is 43.1 Å². The van der Waals surface area contributed by atoms with Crippen LogP contribution in [0, 0.1) is 0 Å². The summed E-state index contributed by atoms with van der Waals surface area (Å²) in [5, 5.41) is 5.13. The number of nitrogens with one attached hydrogen (secondary N) is 2. The predicted molar refractivity (Wildman–Crippen MR) is 117 cm³/mol. The molecule has 2 aromatic rings. The van der Waals surface area contributed by atoms with Crippen molar-refractivity contribution < 1.29 is 23.9 Å². The molecule has 2 amide bonds. The van der Waals surface area contributed by atoms with Crippen molar-refractivity contribution in [1.82, 2.24) is 5.32 Å². The minimum atomic E-state index is -0.795. The summed E-state index contributed by atoms with van der Waals surface area (Å²) in [6.07, 6.45) is 1.49. The summed E-state index contributed by atoms with van der Waals surface area (Å²) in [5.74, 6) is -1.69. The first kappa shape index (κ1) is 22.0. The van der Waals surface area contributed by atoms with Gasteiger partial charge < -0.3 is 25.0 Å². The van der Waals surface area contributed by atoms with Crippen molar-refractivity contribution in [3.63, 3.8) is 0 Å². The quantitative estimate of drug-likeness (QED) is 0.523. The van der Waals surface area contributed by atoms with Gasteiger partial charge in [0.1, 0.15) is 5.70 Å². The van der Waals surface area contributed by atoms with Gasteiger partial charge >= 0.3 is 5.97 Å². The Morgan fingerprint density at radius 2 is 1.71 bits per heavy atom. The molecule has 0 saturated carbocycles. The second kappa shape index (κ2) is 10.9. The number of nitrogens with zero attached hydrogens (tertiary/aromatic N) is 1. The maximum absolute atomic E-state index is 12.4. The molecule has 3 rings (SSSR count). The van der Waals surface area contributed by atoms with Crippen molar-refractivity contribution in [1.29, 1.82) is 0 Å². The lowest BCUT2D eigenvalue weighted by Crippen LogP contribution is -2.36. The minimum absolute atomic E-state index is 0.0404. The molecule has 0 bridgehead atoms. The van der Waals surface area contributed by atoms with E-state index < -0.39 is 24.4 Å². The Hall–Kier alpha value is -3.65. The van der Waals surface area contributed by atoms with Gasteiger partial charge in [-0.1, -0.05) is 30.3 Å². The summed E-state index contributed by atoms with van der Waals surface area (Å²) in [6.45, 7) is 3.87. The number of esters is 1. The molecule has 1 fully saturated rings. The number of carbonyl (C=O) groups excluding carboxylic acids is 3. The number of carbonyl (C=O) groups is 3. The average molecular weight is 423 g/mol. The molecule has 1 aliphatic heterocycles. The average Bonchev–Trinajstić information content (AvgIpc) is 2.78. The second-order valence-electron chi connectivity index (χ2n) is 6.92. The molecule has 1 saturated heterocycles. The highest BCUT2D eigenvalue weighted by Gasteiger charge is 2.15. The minimum Gasteiger partial charge on any atom is -0.451 e. The van der Waals surface area contributed by atoms with E-state index in [-0.39, 0.29) is 5.70 Å². The summed E-state index contributed by atoms with van der Waals surface area (Å²) in [4.78, 5) is 38.2. The van der Waals surface area contributed by atoms with E-state index >= 15 is 0 Å². The van der Waals surface area contributed by atoms with Gasteiger partial charge in [-0.2, -0.15) is 0 Å². The maximum atomic E-state index is 12.4. The van der Waals surface area contributed by atoms with Crippen LogP contribution in [0.2, 0.25) is 0 Å². The molecule has 31 heavy (non-hydrogen) atoms. The van der Waals surface area contributed by atoms with E-state index in [0.717, 1.165) is 18.8 Å². The third-order valence-electron chi connectivity index (χ3n) is 4.50. The summed E-state index contributed by atoms with van der Waals surface area (Å²) in [5.41, 5.74) is 2.33. The number of anilines is 2. The number of amides is 2. The Kier molecular flexibility index (Phi) is 7.78. The highest BCUT2D eigenvalue weighted by Crippen LogP contribution is 2.19. The molecule has 0 spiro atoms. The maximum Gasteiger partial charge on any atom is 0.355 e. The molecule has 2 aromatic carbocycles. The number of ether oxygens (including phenoxy) is 2. The molecule has 0 radical (unpaired) electrons. The van der Waals surface area contributed by atoms with Crippen LogP contribution in [0.15, 0.2) is 60.3 Å². The highest BCUT2D eigenvalue weighted by atomic mass is 16.5. The number of hydrogen-bond donors (Lipinski definition) is 2. The van der Waals surface area contributed by atoms with E-state index in [1.807, 2.05) is 18.2 Å². The van der Waals surface area contributed by atoms with Crippen molar-refractivity contribution in [3.05, 3.63) is 65.9 Å². The number of morpholine rings is 1. The zero-order chi connectivity index (χ0) is 22.1. The molecular formula is C23H25N3O5. The van der Waals surface area contributed by atoms with Crippen LogP contribution < -0.4 is 15.5 Å². The van der Waals surface area contributed by atoms with Crippen LogP contribution in [0.5, 0.6) is 0 Å². The van der Waals surface area contributed by atoms with Gasteiger partial charge in [0.05, 0.1) is 13.2 Å². The lowest BCUT2D eigenvalue weighted by Gasteiger charge is -2.28. The molecule has 0 atom stereocenters. The smallest absolute Gasteiger partial charge is 0.355 e. The number of hydrogen-bond acceptors (Lipinski definition) is 6. The Balaban J connectivity index is 1.54. The topological polar surface area (TPSA) is 97.0 Å². The molecule has 1 aliphatic rings. The molecule has 0 unspecified atom stereocenters. The van der Waals surface area contributed by atoms with Crippen molar-refractivity contribution >= 4 is 35.2 Å². The zero-order valence-corrected chi connectivity index (χ0v) is 17.3. The van der Waals surface area contributed by atoms with Crippen LogP contribution in [-0.2, 0) is 23.9 Å². The largest absolute Gasteiger partial charge is 0.451 e. The molecule has 1 heterocycles. The van der Waals surface area contributed by atoms with Gasteiger partial charge in [0.25, 0.3) is 5.91 Å². The Bertz CT molecular complexity index is 935. The SMILES string of the molecule is CC(=O)N/C(=C/c1ccccc1)C(=O)OCC(=O)Nc1ccc(N2CCOCC2)cc1. The van der Waals surface area contributed by atoms with Gasteiger partial charge in [0, 0.05) is 31.4 Å². The Labute approximate surface area is 180 Å². The Morgan fingerprint density at radius 1 is 1.03 bits per heavy atom. The fourth-order valence-corrected chi connectivity index (χ4v) is 3.03. The third-order valence-corrected chi connectivity index (χ3v) is 4.50. The zero-order valence-electron chi connectivity index (χ0n) is 17.3. The fraction of sp³-hybridized carbons (Fsp3) is 0.261. The molecule has 8 nitrogen and oxygen atoms in total. The second-order valence-corrected chi connectivity index (χ2v) is 6.92. The van der Waals surface area contributed by atoms with Crippen molar-refractivity contribution in [2.45, 2.75) is 6.92 Å². The molecular weight excluding hydrogens is 398 g/mol. The third kappa shape index (κ3) is 6.97. The van der Waals surface area contributed by atoms with Gasteiger partial charge in [-0.05, 0) is 35.9 Å². The van der Waals surface area contributed by atoms with Gasteiger partial charge in [-0.25, -0.2) is 4.79 Å². The van der Waals surface area contributed by atoms with E-state index in [1.165, 1.54) is 13.0 Å². The lowest BCUT2D eigenvalue weighted by molar-refractivity contribution is -0.144. The van der Waals surface area contributed by atoms with E-state index in [0.29, 0.717) is 24.5 Å². The van der Waals surface area contributed by atoms with Crippen LogP contribution in [0.25, 0.3) is 6.08 Å².